The highest BCUT2D eigenvalue weighted by molar-refractivity contribution is 5.76. The number of nitrogens with zero attached hydrogens (tertiary/aromatic N) is 4. The minimum Gasteiger partial charge on any atom is -0.392 e. The van der Waals surface area contributed by atoms with E-state index in [9.17, 15) is 4.79 Å². The summed E-state index contributed by atoms with van der Waals surface area (Å²) >= 11 is 0. The van der Waals surface area contributed by atoms with E-state index in [1.165, 1.54) is 12.4 Å². The number of aliphatic hydroxyl groups is 1. The molecule has 0 aliphatic carbocycles. The van der Waals surface area contributed by atoms with Crippen molar-refractivity contribution < 1.29 is 9.90 Å². The van der Waals surface area contributed by atoms with Crippen LogP contribution in [0.3, 0.4) is 0 Å². The van der Waals surface area contributed by atoms with Crippen molar-refractivity contribution in [3.05, 3.63) is 53.3 Å². The Morgan fingerprint density at radius 2 is 2.24 bits per heavy atom. The molecule has 0 fully saturated rings. The van der Waals surface area contributed by atoms with Crippen LogP contribution in [0.15, 0.2) is 36.7 Å². The van der Waals surface area contributed by atoms with E-state index in [4.69, 9.17) is 10.4 Å². The van der Waals surface area contributed by atoms with Crippen LogP contribution in [0.5, 0.6) is 0 Å². The van der Waals surface area contributed by atoms with Crippen molar-refractivity contribution in [3.8, 4) is 6.07 Å². The molecule has 2 rings (SSSR count). The molecular weight excluding hydrogens is 268 g/mol. The largest absolute Gasteiger partial charge is 0.392 e. The van der Waals surface area contributed by atoms with Gasteiger partial charge < -0.3 is 10.0 Å². The van der Waals surface area contributed by atoms with Gasteiger partial charge in [0.2, 0.25) is 0 Å². The van der Waals surface area contributed by atoms with Crippen LogP contribution in [0.4, 0.5) is 4.79 Å². The number of rotatable bonds is 4. The lowest BCUT2D eigenvalue weighted by atomic mass is 10.1. The molecule has 1 heterocycles. The first kappa shape index (κ1) is 14.8. The summed E-state index contributed by atoms with van der Waals surface area (Å²) in [4.78, 5) is 13.9. The summed E-state index contributed by atoms with van der Waals surface area (Å²) in [5.74, 6) is 0. The van der Waals surface area contributed by atoms with Crippen molar-refractivity contribution in [1.82, 2.24) is 14.7 Å². The second-order valence-corrected chi connectivity index (χ2v) is 4.56. The molecule has 0 unspecified atom stereocenters. The Morgan fingerprint density at radius 1 is 1.48 bits per heavy atom. The van der Waals surface area contributed by atoms with Gasteiger partial charge >= 0.3 is 6.03 Å². The minimum atomic E-state index is -0.284. The van der Waals surface area contributed by atoms with Crippen molar-refractivity contribution in [2.75, 3.05) is 6.54 Å². The number of aliphatic hydroxyl groups excluding tert-OH is 1. The fourth-order valence-corrected chi connectivity index (χ4v) is 1.99. The fourth-order valence-electron chi connectivity index (χ4n) is 1.99. The molecule has 0 bridgehead atoms. The van der Waals surface area contributed by atoms with E-state index in [2.05, 4.69) is 5.10 Å². The molecule has 108 valence electrons. The zero-order valence-electron chi connectivity index (χ0n) is 11.7. The Balaban J connectivity index is 2.15. The Kier molecular flexibility index (Phi) is 4.69. The van der Waals surface area contributed by atoms with Gasteiger partial charge in [0, 0.05) is 13.1 Å². The molecule has 0 aliphatic heterocycles. The average molecular weight is 284 g/mol. The topological polar surface area (TPSA) is 82.1 Å². The van der Waals surface area contributed by atoms with Gasteiger partial charge in [0.05, 0.1) is 24.6 Å². The van der Waals surface area contributed by atoms with Crippen molar-refractivity contribution in [3.63, 3.8) is 0 Å². The number of carbonyl (C=O) groups excluding carboxylic acids is 1. The molecule has 21 heavy (non-hydrogen) atoms. The highest BCUT2D eigenvalue weighted by Gasteiger charge is 2.15. The SMILES string of the molecule is CCN(Cc1cccc(CO)c1)C(=O)n1cc(C#N)cn1. The molecule has 0 saturated heterocycles. The van der Waals surface area contributed by atoms with Crippen LogP contribution < -0.4 is 0 Å². The van der Waals surface area contributed by atoms with Crippen molar-refractivity contribution in [1.29, 1.82) is 5.26 Å². The van der Waals surface area contributed by atoms with Crippen LogP contribution >= 0.6 is 0 Å². The first-order valence-electron chi connectivity index (χ1n) is 6.60. The van der Waals surface area contributed by atoms with Gasteiger partial charge in [0.15, 0.2) is 0 Å². The van der Waals surface area contributed by atoms with Crippen LogP contribution in [-0.2, 0) is 13.2 Å². The molecule has 1 amide bonds. The second-order valence-electron chi connectivity index (χ2n) is 4.56. The lowest BCUT2D eigenvalue weighted by molar-refractivity contribution is 0.196. The van der Waals surface area contributed by atoms with Crippen molar-refractivity contribution >= 4 is 6.03 Å². The van der Waals surface area contributed by atoms with Crippen LogP contribution in [0.25, 0.3) is 0 Å². The Morgan fingerprint density at radius 3 is 2.86 bits per heavy atom. The summed E-state index contributed by atoms with van der Waals surface area (Å²) in [6.45, 7) is 2.79. The molecule has 0 aliphatic rings. The zero-order chi connectivity index (χ0) is 15.2. The van der Waals surface area contributed by atoms with Gasteiger partial charge in [-0.15, -0.1) is 0 Å². The summed E-state index contributed by atoms with van der Waals surface area (Å²) < 4.78 is 1.16. The third kappa shape index (κ3) is 3.46. The number of carbonyl (C=O) groups is 1. The van der Waals surface area contributed by atoms with E-state index in [-0.39, 0.29) is 12.6 Å². The predicted octanol–water partition coefficient (Wildman–Crippen LogP) is 1.74. The maximum absolute atomic E-state index is 12.3. The van der Waals surface area contributed by atoms with Crippen LogP contribution in [0.1, 0.15) is 23.6 Å². The number of benzene rings is 1. The molecule has 6 heteroatoms. The minimum absolute atomic E-state index is 0.0292. The van der Waals surface area contributed by atoms with Gasteiger partial charge in [-0.2, -0.15) is 15.0 Å². The fraction of sp³-hybridized carbons (Fsp3) is 0.267. The van der Waals surface area contributed by atoms with Gasteiger partial charge in [-0.3, -0.25) is 0 Å². The van der Waals surface area contributed by atoms with Crippen LogP contribution in [-0.4, -0.2) is 32.4 Å². The Labute approximate surface area is 122 Å². The van der Waals surface area contributed by atoms with E-state index < -0.39 is 0 Å². The molecule has 1 aromatic carbocycles. The molecule has 2 aromatic rings. The highest BCUT2D eigenvalue weighted by Crippen LogP contribution is 2.10. The van der Waals surface area contributed by atoms with Gasteiger partial charge in [-0.1, -0.05) is 24.3 Å². The Bertz CT molecular complexity index is 672. The molecule has 6 nitrogen and oxygen atoms in total. The summed E-state index contributed by atoms with van der Waals surface area (Å²) in [5.41, 5.74) is 2.09. The summed E-state index contributed by atoms with van der Waals surface area (Å²) in [6.07, 6.45) is 2.77. The summed E-state index contributed by atoms with van der Waals surface area (Å²) in [5, 5.41) is 21.8. The molecule has 1 aromatic heterocycles. The zero-order valence-corrected chi connectivity index (χ0v) is 11.7. The smallest absolute Gasteiger partial charge is 0.344 e. The quantitative estimate of drug-likeness (QED) is 0.927. The summed E-state index contributed by atoms with van der Waals surface area (Å²) in [6, 6.07) is 9.10. The molecule has 0 radical (unpaired) electrons. The molecule has 1 N–H and O–H groups in total. The van der Waals surface area contributed by atoms with E-state index in [1.807, 2.05) is 37.3 Å². The third-order valence-corrected chi connectivity index (χ3v) is 3.11. The first-order chi connectivity index (χ1) is 10.2. The van der Waals surface area contributed by atoms with E-state index in [0.717, 1.165) is 15.8 Å². The molecule has 0 spiro atoms. The number of nitriles is 1. The van der Waals surface area contributed by atoms with E-state index in [1.54, 1.807) is 4.90 Å². The molecule has 0 atom stereocenters. The summed E-state index contributed by atoms with van der Waals surface area (Å²) in [7, 11) is 0. The average Bonchev–Trinajstić information content (AvgIpc) is 3.01. The number of amides is 1. The third-order valence-electron chi connectivity index (χ3n) is 3.11. The number of hydrogen-bond donors (Lipinski definition) is 1. The first-order valence-corrected chi connectivity index (χ1v) is 6.60. The standard InChI is InChI=1S/C15H16N4O2/c1-2-18(9-12-4-3-5-13(6-12)11-20)15(21)19-10-14(7-16)8-17-19/h3-6,8,10,20H,2,9,11H2,1H3. The maximum Gasteiger partial charge on any atom is 0.344 e. The predicted molar refractivity (Wildman–Crippen MR) is 76.2 cm³/mol. The Hall–Kier alpha value is -2.65. The molecular formula is C15H16N4O2. The normalized spacial score (nSPS) is 10.1. The van der Waals surface area contributed by atoms with Crippen molar-refractivity contribution in [2.45, 2.75) is 20.1 Å². The van der Waals surface area contributed by atoms with Gasteiger partial charge in [0.25, 0.3) is 0 Å². The molecule has 0 saturated carbocycles. The van der Waals surface area contributed by atoms with Gasteiger partial charge in [0.1, 0.15) is 6.07 Å². The van der Waals surface area contributed by atoms with Crippen LogP contribution in [0.2, 0.25) is 0 Å². The van der Waals surface area contributed by atoms with Crippen LogP contribution in [0, 0.1) is 11.3 Å². The van der Waals surface area contributed by atoms with E-state index >= 15 is 0 Å². The lowest BCUT2D eigenvalue weighted by Gasteiger charge is -2.20. The van der Waals surface area contributed by atoms with Crippen molar-refractivity contribution in [2.24, 2.45) is 0 Å². The lowest BCUT2D eigenvalue weighted by Crippen LogP contribution is -2.34. The maximum atomic E-state index is 12.3. The number of aromatic nitrogens is 2. The van der Waals surface area contributed by atoms with Gasteiger partial charge in [-0.05, 0) is 18.1 Å². The monoisotopic (exact) mass is 284 g/mol. The number of hydrogen-bond acceptors (Lipinski definition) is 4. The van der Waals surface area contributed by atoms with Gasteiger partial charge in [-0.25, -0.2) is 4.79 Å². The second kappa shape index (κ2) is 6.68. The van der Waals surface area contributed by atoms with E-state index in [0.29, 0.717) is 18.7 Å². The highest BCUT2D eigenvalue weighted by atomic mass is 16.3.